The summed E-state index contributed by atoms with van der Waals surface area (Å²) in [5.74, 6) is -0.738. The lowest BCUT2D eigenvalue weighted by Crippen LogP contribution is -2.03. The van der Waals surface area contributed by atoms with Crippen molar-refractivity contribution in [1.82, 2.24) is 0 Å². The Morgan fingerprint density at radius 3 is 2.42 bits per heavy atom. The molecule has 3 aromatic rings. The lowest BCUT2D eigenvalue weighted by Gasteiger charge is -2.12. The van der Waals surface area contributed by atoms with Crippen LogP contribution in [0.5, 0.6) is 28.7 Å². The molecule has 24 heavy (non-hydrogen) atoms. The molecule has 0 spiro atoms. The van der Waals surface area contributed by atoms with Gasteiger partial charge in [0, 0.05) is 18.2 Å². The van der Waals surface area contributed by atoms with E-state index in [1.165, 1.54) is 20.3 Å². The van der Waals surface area contributed by atoms with Gasteiger partial charge < -0.3 is 29.2 Å². The number of fused-ring (bicyclic) bond motifs is 1. The topological polar surface area (TPSA) is 109 Å². The molecule has 124 valence electrons. The van der Waals surface area contributed by atoms with E-state index in [1.807, 2.05) is 0 Å². The van der Waals surface area contributed by atoms with E-state index >= 15 is 0 Å². The molecule has 7 heteroatoms. The Bertz CT molecular complexity index is 988. The number of benzene rings is 2. The molecule has 1 aromatic heterocycles. The Hall–Kier alpha value is -3.35. The Morgan fingerprint density at radius 1 is 1.00 bits per heavy atom. The first-order valence-electron chi connectivity index (χ1n) is 6.90. The SMILES string of the molecule is COc1ccc(-c2oc3cc(O)cc(O)c3c(=O)c2O)c(OC)c1. The van der Waals surface area contributed by atoms with Gasteiger partial charge in [0.05, 0.1) is 19.8 Å². The van der Waals surface area contributed by atoms with Crippen molar-refractivity contribution in [3.8, 4) is 40.1 Å². The van der Waals surface area contributed by atoms with Crippen molar-refractivity contribution in [2.24, 2.45) is 0 Å². The molecule has 0 aliphatic rings. The van der Waals surface area contributed by atoms with Crippen molar-refractivity contribution in [2.45, 2.75) is 0 Å². The van der Waals surface area contributed by atoms with Crippen LogP contribution in [-0.4, -0.2) is 29.5 Å². The van der Waals surface area contributed by atoms with Crippen LogP contribution in [0.15, 0.2) is 39.5 Å². The maximum absolute atomic E-state index is 12.4. The predicted octanol–water partition coefficient (Wildman–Crippen LogP) is 2.59. The second-order valence-electron chi connectivity index (χ2n) is 5.01. The summed E-state index contributed by atoms with van der Waals surface area (Å²) in [7, 11) is 2.92. The van der Waals surface area contributed by atoms with Crippen LogP contribution in [0, 0.1) is 0 Å². The molecule has 0 aliphatic heterocycles. The number of phenols is 2. The van der Waals surface area contributed by atoms with Crippen molar-refractivity contribution in [3.05, 3.63) is 40.6 Å². The zero-order valence-electron chi connectivity index (χ0n) is 12.9. The fraction of sp³-hybridized carbons (Fsp3) is 0.118. The summed E-state index contributed by atoms with van der Waals surface area (Å²) >= 11 is 0. The smallest absolute Gasteiger partial charge is 0.238 e. The number of ether oxygens (including phenoxy) is 2. The van der Waals surface area contributed by atoms with E-state index in [0.717, 1.165) is 6.07 Å². The van der Waals surface area contributed by atoms with E-state index in [2.05, 4.69) is 0 Å². The second kappa shape index (κ2) is 5.69. The monoisotopic (exact) mass is 330 g/mol. The summed E-state index contributed by atoms with van der Waals surface area (Å²) in [6.45, 7) is 0. The Morgan fingerprint density at radius 2 is 1.75 bits per heavy atom. The fourth-order valence-electron chi connectivity index (χ4n) is 2.44. The summed E-state index contributed by atoms with van der Waals surface area (Å²) in [6.07, 6.45) is 0. The van der Waals surface area contributed by atoms with E-state index in [1.54, 1.807) is 18.2 Å². The number of hydrogen-bond acceptors (Lipinski definition) is 7. The normalized spacial score (nSPS) is 10.8. The van der Waals surface area contributed by atoms with Gasteiger partial charge in [0.25, 0.3) is 0 Å². The summed E-state index contributed by atoms with van der Waals surface area (Å²) < 4.78 is 15.9. The molecule has 1 heterocycles. The highest BCUT2D eigenvalue weighted by Crippen LogP contribution is 2.39. The van der Waals surface area contributed by atoms with Crippen LogP contribution >= 0.6 is 0 Å². The summed E-state index contributed by atoms with van der Waals surface area (Å²) in [5, 5.41) is 29.4. The first-order chi connectivity index (χ1) is 11.5. The third-order valence-corrected chi connectivity index (χ3v) is 3.59. The molecule has 0 fully saturated rings. The number of rotatable bonds is 3. The maximum atomic E-state index is 12.4. The van der Waals surface area contributed by atoms with E-state index in [-0.39, 0.29) is 22.5 Å². The van der Waals surface area contributed by atoms with Crippen molar-refractivity contribution >= 4 is 11.0 Å². The Kier molecular flexibility index (Phi) is 3.69. The molecule has 0 aliphatic carbocycles. The zero-order chi connectivity index (χ0) is 17.4. The first-order valence-corrected chi connectivity index (χ1v) is 6.90. The molecule has 0 radical (unpaired) electrons. The zero-order valence-corrected chi connectivity index (χ0v) is 12.9. The van der Waals surface area contributed by atoms with Gasteiger partial charge in [-0.1, -0.05) is 0 Å². The quantitative estimate of drug-likeness (QED) is 0.677. The molecule has 0 amide bonds. The number of methoxy groups -OCH3 is 2. The van der Waals surface area contributed by atoms with Crippen molar-refractivity contribution < 1.29 is 29.2 Å². The van der Waals surface area contributed by atoms with E-state index in [9.17, 15) is 20.1 Å². The maximum Gasteiger partial charge on any atom is 0.238 e. The van der Waals surface area contributed by atoms with Gasteiger partial charge in [0.1, 0.15) is 34.0 Å². The molecular weight excluding hydrogens is 316 g/mol. The highest BCUT2D eigenvalue weighted by molar-refractivity contribution is 5.88. The van der Waals surface area contributed by atoms with Crippen LogP contribution in [0.2, 0.25) is 0 Å². The molecule has 0 bridgehead atoms. The van der Waals surface area contributed by atoms with Crippen LogP contribution in [0.25, 0.3) is 22.3 Å². The van der Waals surface area contributed by atoms with Gasteiger partial charge in [-0.15, -0.1) is 0 Å². The van der Waals surface area contributed by atoms with Gasteiger partial charge in [-0.3, -0.25) is 4.79 Å². The number of hydrogen-bond donors (Lipinski definition) is 3. The summed E-state index contributed by atoms with van der Waals surface area (Å²) in [6, 6.07) is 6.91. The van der Waals surface area contributed by atoms with Gasteiger partial charge in [0.15, 0.2) is 5.76 Å². The van der Waals surface area contributed by atoms with Gasteiger partial charge >= 0.3 is 0 Å². The van der Waals surface area contributed by atoms with Crippen LogP contribution < -0.4 is 14.9 Å². The molecule has 7 nitrogen and oxygen atoms in total. The summed E-state index contributed by atoms with van der Waals surface area (Å²) in [4.78, 5) is 12.4. The van der Waals surface area contributed by atoms with E-state index < -0.39 is 16.9 Å². The van der Waals surface area contributed by atoms with Gasteiger partial charge in [-0.25, -0.2) is 0 Å². The van der Waals surface area contributed by atoms with Crippen LogP contribution in [0.3, 0.4) is 0 Å². The minimum atomic E-state index is -0.818. The molecule has 0 atom stereocenters. The molecule has 3 rings (SSSR count). The third-order valence-electron chi connectivity index (χ3n) is 3.59. The first kappa shape index (κ1) is 15.5. The van der Waals surface area contributed by atoms with E-state index in [0.29, 0.717) is 17.1 Å². The minimum Gasteiger partial charge on any atom is -0.508 e. The lowest BCUT2D eigenvalue weighted by molar-refractivity contribution is 0.393. The van der Waals surface area contributed by atoms with Crippen LogP contribution in [-0.2, 0) is 0 Å². The van der Waals surface area contributed by atoms with Crippen molar-refractivity contribution in [3.63, 3.8) is 0 Å². The molecule has 0 unspecified atom stereocenters. The fourth-order valence-corrected chi connectivity index (χ4v) is 2.44. The highest BCUT2D eigenvalue weighted by atomic mass is 16.5. The molecule has 0 saturated heterocycles. The van der Waals surface area contributed by atoms with Gasteiger partial charge in [-0.2, -0.15) is 0 Å². The van der Waals surface area contributed by atoms with Gasteiger partial charge in [0.2, 0.25) is 11.2 Å². The standard InChI is InChI=1S/C17H14O7/c1-22-9-3-4-10(12(7-9)23-2)17-16(21)15(20)14-11(19)5-8(18)6-13(14)24-17/h3-7,18-19,21H,1-2H3. The predicted molar refractivity (Wildman–Crippen MR) is 86.0 cm³/mol. The van der Waals surface area contributed by atoms with Gasteiger partial charge in [-0.05, 0) is 12.1 Å². The molecule has 3 N–H and O–H groups in total. The average molecular weight is 330 g/mol. The molecular formula is C17H14O7. The van der Waals surface area contributed by atoms with Crippen molar-refractivity contribution in [1.29, 1.82) is 0 Å². The minimum absolute atomic E-state index is 0.0665. The summed E-state index contributed by atoms with van der Waals surface area (Å²) in [5.41, 5.74) is -0.567. The van der Waals surface area contributed by atoms with Crippen molar-refractivity contribution in [2.75, 3.05) is 14.2 Å². The largest absolute Gasteiger partial charge is 0.508 e. The molecule has 2 aromatic carbocycles. The Labute approximate surface area is 135 Å². The third kappa shape index (κ3) is 2.36. The average Bonchev–Trinajstić information content (AvgIpc) is 2.56. The second-order valence-corrected chi connectivity index (χ2v) is 5.01. The van der Waals surface area contributed by atoms with E-state index in [4.69, 9.17) is 13.9 Å². The van der Waals surface area contributed by atoms with Crippen LogP contribution in [0.1, 0.15) is 0 Å². The Balaban J connectivity index is 2.35. The van der Waals surface area contributed by atoms with Crippen LogP contribution in [0.4, 0.5) is 0 Å². The highest BCUT2D eigenvalue weighted by Gasteiger charge is 2.21. The lowest BCUT2D eigenvalue weighted by atomic mass is 10.1. The molecule has 0 saturated carbocycles. The number of aromatic hydroxyl groups is 3. The number of phenolic OH excluding ortho intramolecular Hbond substituents is 2.